The molecule has 1 aromatic carbocycles. The molecule has 4 heteroatoms. The lowest BCUT2D eigenvalue weighted by Crippen LogP contribution is -2.36. The number of Topliss-reactive ketones (excluding diaryl/α,β-unsaturated/α-hetero) is 1. The fraction of sp³-hybridized carbons (Fsp3) is 0.467. The second kappa shape index (κ2) is 6.48. The van der Waals surface area contributed by atoms with Gasteiger partial charge in [0.25, 0.3) is 0 Å². The van der Waals surface area contributed by atoms with Gasteiger partial charge in [0, 0.05) is 0 Å². The molecule has 1 aromatic rings. The van der Waals surface area contributed by atoms with E-state index in [1.165, 1.54) is 0 Å². The van der Waals surface area contributed by atoms with Crippen molar-refractivity contribution in [3.8, 4) is 0 Å². The van der Waals surface area contributed by atoms with Crippen LogP contribution in [0.25, 0.3) is 0 Å². The number of benzene rings is 1. The average molecular weight is 263 g/mol. The van der Waals surface area contributed by atoms with Crippen molar-refractivity contribution in [3.05, 3.63) is 35.9 Å². The van der Waals surface area contributed by atoms with Crippen molar-refractivity contribution in [3.63, 3.8) is 0 Å². The maximum Gasteiger partial charge on any atom is 0.317 e. The van der Waals surface area contributed by atoms with Gasteiger partial charge in [0.15, 0.2) is 5.78 Å². The Kier molecular flexibility index (Phi) is 5.24. The summed E-state index contributed by atoms with van der Waals surface area (Å²) in [4.78, 5) is 23.9. The zero-order chi connectivity index (χ0) is 14.5. The first-order valence-electron chi connectivity index (χ1n) is 6.33. The minimum absolute atomic E-state index is 0.156. The Morgan fingerprint density at radius 2 is 1.79 bits per heavy atom. The Morgan fingerprint density at radius 3 is 2.26 bits per heavy atom. The van der Waals surface area contributed by atoms with Crippen LogP contribution in [0.2, 0.25) is 0 Å². The third-order valence-electron chi connectivity index (χ3n) is 2.56. The Bertz CT molecular complexity index is 434. The molecular formula is C15H21NO3. The van der Waals surface area contributed by atoms with Crippen LogP contribution in [-0.4, -0.2) is 23.9 Å². The minimum Gasteiger partial charge on any atom is -0.459 e. The molecule has 2 N–H and O–H groups in total. The Labute approximate surface area is 113 Å². The van der Waals surface area contributed by atoms with Crippen molar-refractivity contribution >= 4 is 11.8 Å². The second-order valence-corrected chi connectivity index (χ2v) is 5.45. The monoisotopic (exact) mass is 263 g/mol. The molecule has 0 fully saturated rings. The van der Waals surface area contributed by atoms with E-state index in [1.807, 2.05) is 30.3 Å². The predicted octanol–water partition coefficient (Wildman–Crippen LogP) is 1.71. The number of hydrogen-bond acceptors (Lipinski definition) is 4. The molecule has 0 aliphatic heterocycles. The first kappa shape index (κ1) is 15.4. The number of ether oxygens (including phenoxy) is 1. The van der Waals surface area contributed by atoms with Gasteiger partial charge in [0.05, 0.1) is 6.54 Å². The number of esters is 1. The highest BCUT2D eigenvalue weighted by Crippen LogP contribution is 2.16. The SMILES string of the molecule is CC(C)(C)OC(=O)[C@@H](Cc1ccccc1)C(=O)CN. The molecule has 0 unspecified atom stereocenters. The first-order valence-corrected chi connectivity index (χ1v) is 6.33. The van der Waals surface area contributed by atoms with Gasteiger partial charge in [-0.05, 0) is 32.8 Å². The second-order valence-electron chi connectivity index (χ2n) is 5.45. The highest BCUT2D eigenvalue weighted by atomic mass is 16.6. The standard InChI is InChI=1S/C15H21NO3/c1-15(2,3)19-14(18)12(13(17)10-16)9-11-7-5-4-6-8-11/h4-8,12H,9-10,16H2,1-3H3/t12-/m0/s1. The van der Waals surface area contributed by atoms with Crippen LogP contribution >= 0.6 is 0 Å². The van der Waals surface area contributed by atoms with E-state index in [0.717, 1.165) is 5.56 Å². The van der Waals surface area contributed by atoms with E-state index < -0.39 is 17.5 Å². The van der Waals surface area contributed by atoms with E-state index >= 15 is 0 Å². The van der Waals surface area contributed by atoms with Gasteiger partial charge in [0.1, 0.15) is 11.5 Å². The summed E-state index contributed by atoms with van der Waals surface area (Å²) in [5.41, 5.74) is 5.68. The van der Waals surface area contributed by atoms with Crippen molar-refractivity contribution in [2.45, 2.75) is 32.8 Å². The molecule has 1 atom stereocenters. The Hall–Kier alpha value is -1.68. The lowest BCUT2D eigenvalue weighted by Gasteiger charge is -2.23. The topological polar surface area (TPSA) is 69.4 Å². The van der Waals surface area contributed by atoms with Gasteiger partial charge in [-0.1, -0.05) is 30.3 Å². The Balaban J connectivity index is 2.84. The van der Waals surface area contributed by atoms with Crippen LogP contribution in [0.5, 0.6) is 0 Å². The van der Waals surface area contributed by atoms with Gasteiger partial charge in [-0.15, -0.1) is 0 Å². The molecule has 1 rings (SSSR count). The number of hydrogen-bond donors (Lipinski definition) is 1. The Morgan fingerprint density at radius 1 is 1.21 bits per heavy atom. The van der Waals surface area contributed by atoms with Crippen LogP contribution in [0.15, 0.2) is 30.3 Å². The van der Waals surface area contributed by atoms with Crippen molar-refractivity contribution < 1.29 is 14.3 Å². The van der Waals surface area contributed by atoms with Crippen molar-refractivity contribution in [1.29, 1.82) is 0 Å². The van der Waals surface area contributed by atoms with Crippen LogP contribution in [0, 0.1) is 5.92 Å². The maximum atomic E-state index is 12.1. The average Bonchev–Trinajstić information content (AvgIpc) is 2.34. The summed E-state index contributed by atoms with van der Waals surface area (Å²) >= 11 is 0. The summed E-state index contributed by atoms with van der Waals surface area (Å²) in [6.45, 7) is 5.17. The molecule has 0 bridgehead atoms. The van der Waals surface area contributed by atoms with E-state index in [4.69, 9.17) is 10.5 Å². The normalized spacial score (nSPS) is 12.8. The molecule has 0 amide bonds. The number of ketones is 1. The van der Waals surface area contributed by atoms with E-state index in [9.17, 15) is 9.59 Å². The fourth-order valence-electron chi connectivity index (χ4n) is 1.69. The van der Waals surface area contributed by atoms with Crippen LogP contribution in [-0.2, 0) is 20.7 Å². The molecule has 0 aromatic heterocycles. The zero-order valence-electron chi connectivity index (χ0n) is 11.7. The third-order valence-corrected chi connectivity index (χ3v) is 2.56. The van der Waals surface area contributed by atoms with E-state index in [2.05, 4.69) is 0 Å². The number of nitrogens with two attached hydrogens (primary N) is 1. The predicted molar refractivity (Wildman–Crippen MR) is 73.5 cm³/mol. The molecule has 0 saturated heterocycles. The highest BCUT2D eigenvalue weighted by Gasteiger charge is 2.30. The maximum absolute atomic E-state index is 12.1. The van der Waals surface area contributed by atoms with E-state index in [0.29, 0.717) is 6.42 Å². The number of carbonyl (C=O) groups is 2. The molecule has 0 spiro atoms. The summed E-state index contributed by atoms with van der Waals surface area (Å²) in [7, 11) is 0. The molecule has 0 aliphatic carbocycles. The third kappa shape index (κ3) is 5.22. The summed E-state index contributed by atoms with van der Waals surface area (Å²) in [6, 6.07) is 9.38. The van der Waals surface area contributed by atoms with Crippen LogP contribution in [0.1, 0.15) is 26.3 Å². The van der Waals surface area contributed by atoms with Gasteiger partial charge in [-0.25, -0.2) is 0 Å². The minimum atomic E-state index is -0.827. The summed E-state index contributed by atoms with van der Waals surface area (Å²) < 4.78 is 5.28. The number of carbonyl (C=O) groups excluding carboxylic acids is 2. The van der Waals surface area contributed by atoms with Gasteiger partial charge in [-0.2, -0.15) is 0 Å². The van der Waals surface area contributed by atoms with E-state index in [1.54, 1.807) is 20.8 Å². The lowest BCUT2D eigenvalue weighted by atomic mass is 9.95. The molecule has 0 radical (unpaired) electrons. The molecule has 0 aliphatic rings. The quantitative estimate of drug-likeness (QED) is 0.648. The van der Waals surface area contributed by atoms with Crippen molar-refractivity contribution in [1.82, 2.24) is 0 Å². The smallest absolute Gasteiger partial charge is 0.317 e. The molecule has 4 nitrogen and oxygen atoms in total. The van der Waals surface area contributed by atoms with Crippen molar-refractivity contribution in [2.75, 3.05) is 6.54 Å². The van der Waals surface area contributed by atoms with Gasteiger partial charge in [0.2, 0.25) is 0 Å². The fourth-order valence-corrected chi connectivity index (χ4v) is 1.69. The van der Waals surface area contributed by atoms with E-state index in [-0.39, 0.29) is 12.3 Å². The molecule has 0 heterocycles. The van der Waals surface area contributed by atoms with Crippen LogP contribution < -0.4 is 5.73 Å². The summed E-state index contributed by atoms with van der Waals surface area (Å²) in [5.74, 6) is -1.63. The molecule has 104 valence electrons. The van der Waals surface area contributed by atoms with Crippen molar-refractivity contribution in [2.24, 2.45) is 11.7 Å². The first-order chi connectivity index (χ1) is 8.83. The molecular weight excluding hydrogens is 242 g/mol. The largest absolute Gasteiger partial charge is 0.459 e. The lowest BCUT2D eigenvalue weighted by molar-refractivity contribution is -0.161. The molecule has 0 saturated carbocycles. The summed E-state index contributed by atoms with van der Waals surface area (Å²) in [5, 5.41) is 0. The summed E-state index contributed by atoms with van der Waals surface area (Å²) in [6.07, 6.45) is 0.325. The highest BCUT2D eigenvalue weighted by molar-refractivity contribution is 6.00. The van der Waals surface area contributed by atoms with Gasteiger partial charge >= 0.3 is 5.97 Å². The number of rotatable bonds is 5. The van der Waals surface area contributed by atoms with Crippen LogP contribution in [0.3, 0.4) is 0 Å². The van der Waals surface area contributed by atoms with Gasteiger partial charge < -0.3 is 10.5 Å². The van der Waals surface area contributed by atoms with Crippen LogP contribution in [0.4, 0.5) is 0 Å². The molecule has 19 heavy (non-hydrogen) atoms. The van der Waals surface area contributed by atoms with Gasteiger partial charge in [-0.3, -0.25) is 9.59 Å². The zero-order valence-corrected chi connectivity index (χ0v) is 11.7.